The van der Waals surface area contributed by atoms with Crippen molar-refractivity contribution in [3.05, 3.63) is 0 Å². The van der Waals surface area contributed by atoms with E-state index >= 15 is 0 Å². The molecule has 0 aromatic rings. The number of nitrogens with zero attached hydrogens (tertiary/aromatic N) is 1. The lowest BCUT2D eigenvalue weighted by molar-refractivity contribution is -0.0146. The van der Waals surface area contributed by atoms with Crippen molar-refractivity contribution in [3.63, 3.8) is 0 Å². The summed E-state index contributed by atoms with van der Waals surface area (Å²) in [7, 11) is 0. The molecule has 3 unspecified atom stereocenters. The number of aliphatic hydroxyl groups is 1. The van der Waals surface area contributed by atoms with Gasteiger partial charge in [-0.05, 0) is 40.0 Å². The largest absolute Gasteiger partial charge is 0.389 e. The van der Waals surface area contributed by atoms with Crippen molar-refractivity contribution in [2.75, 3.05) is 13.2 Å². The van der Waals surface area contributed by atoms with Crippen molar-refractivity contribution >= 4 is 0 Å². The molecule has 1 aliphatic heterocycles. The minimum Gasteiger partial charge on any atom is -0.389 e. The average molecular weight is 229 g/mol. The van der Waals surface area contributed by atoms with Crippen molar-refractivity contribution < 1.29 is 9.84 Å². The lowest BCUT2D eigenvalue weighted by Gasteiger charge is -2.30. The highest BCUT2D eigenvalue weighted by Crippen LogP contribution is 2.25. The smallest absolute Gasteiger partial charge is 0.0900 e. The summed E-state index contributed by atoms with van der Waals surface area (Å²) < 4.78 is 5.44. The Hall–Kier alpha value is -0.120. The first-order valence-corrected chi connectivity index (χ1v) is 6.60. The third-order valence-corrected chi connectivity index (χ3v) is 3.47. The number of hydrogen-bond acceptors (Lipinski definition) is 3. The number of ether oxygens (including phenoxy) is 1. The first kappa shape index (κ1) is 13.9. The van der Waals surface area contributed by atoms with Gasteiger partial charge in [-0.15, -0.1) is 0 Å². The molecule has 0 saturated carbocycles. The Morgan fingerprint density at radius 1 is 1.38 bits per heavy atom. The lowest BCUT2D eigenvalue weighted by Crippen LogP contribution is -2.41. The van der Waals surface area contributed by atoms with Crippen molar-refractivity contribution in [2.24, 2.45) is 0 Å². The first-order valence-electron chi connectivity index (χ1n) is 6.60. The van der Waals surface area contributed by atoms with E-state index in [1.54, 1.807) is 0 Å². The van der Waals surface area contributed by atoms with Crippen LogP contribution in [0.3, 0.4) is 0 Å². The van der Waals surface area contributed by atoms with Crippen LogP contribution < -0.4 is 0 Å². The summed E-state index contributed by atoms with van der Waals surface area (Å²) >= 11 is 0. The van der Waals surface area contributed by atoms with Gasteiger partial charge in [0, 0.05) is 18.6 Å². The summed E-state index contributed by atoms with van der Waals surface area (Å²) in [6.45, 7) is 9.70. The Bertz CT molecular complexity index is 196. The summed E-state index contributed by atoms with van der Waals surface area (Å²) in [5.74, 6) is 0. The number of hydrogen-bond donors (Lipinski definition) is 1. The van der Waals surface area contributed by atoms with Crippen LogP contribution in [-0.4, -0.2) is 47.4 Å². The highest BCUT2D eigenvalue weighted by Gasteiger charge is 2.30. The Labute approximate surface area is 99.8 Å². The van der Waals surface area contributed by atoms with Gasteiger partial charge in [-0.1, -0.05) is 6.92 Å². The molecule has 1 N–H and O–H groups in total. The fourth-order valence-corrected chi connectivity index (χ4v) is 2.49. The van der Waals surface area contributed by atoms with Crippen LogP contribution in [0.4, 0.5) is 0 Å². The van der Waals surface area contributed by atoms with Gasteiger partial charge in [0.1, 0.15) is 0 Å². The molecule has 0 radical (unpaired) electrons. The van der Waals surface area contributed by atoms with Gasteiger partial charge < -0.3 is 9.84 Å². The molecule has 3 heteroatoms. The second-order valence-corrected chi connectivity index (χ2v) is 5.22. The predicted octanol–water partition coefficient (Wildman–Crippen LogP) is 2.04. The molecule has 1 heterocycles. The third-order valence-electron chi connectivity index (χ3n) is 3.47. The van der Waals surface area contributed by atoms with E-state index in [9.17, 15) is 5.11 Å². The molecular formula is C13H27NO2. The maximum absolute atomic E-state index is 9.92. The van der Waals surface area contributed by atoms with Gasteiger partial charge in [0.25, 0.3) is 0 Å². The van der Waals surface area contributed by atoms with Crippen LogP contribution >= 0.6 is 0 Å². The number of likely N-dealkylation sites (tertiary alicyclic amines) is 1. The van der Waals surface area contributed by atoms with Crippen molar-refractivity contribution in [2.45, 2.75) is 71.2 Å². The Balaban J connectivity index is 2.33. The van der Waals surface area contributed by atoms with Gasteiger partial charge >= 0.3 is 0 Å². The topological polar surface area (TPSA) is 32.7 Å². The molecule has 0 amide bonds. The van der Waals surface area contributed by atoms with Gasteiger partial charge in [-0.2, -0.15) is 0 Å². The summed E-state index contributed by atoms with van der Waals surface area (Å²) in [6, 6.07) is 1.27. The van der Waals surface area contributed by atoms with Gasteiger partial charge in [0.15, 0.2) is 0 Å². The fraction of sp³-hybridized carbons (Fsp3) is 1.00. The fourth-order valence-electron chi connectivity index (χ4n) is 2.49. The second kappa shape index (κ2) is 6.58. The van der Waals surface area contributed by atoms with E-state index in [1.165, 1.54) is 19.3 Å². The van der Waals surface area contributed by atoms with Gasteiger partial charge in [0.2, 0.25) is 0 Å². The highest BCUT2D eigenvalue weighted by molar-refractivity contribution is 4.85. The molecule has 1 fully saturated rings. The standard InChI is InChI=1S/C13H27NO2/c1-5-12-7-6-11(4)14(12)8-13(15)9-16-10(2)3/h10-13,15H,5-9H2,1-4H3. The van der Waals surface area contributed by atoms with Crippen molar-refractivity contribution in [1.82, 2.24) is 4.90 Å². The van der Waals surface area contributed by atoms with E-state index in [0.717, 1.165) is 6.54 Å². The van der Waals surface area contributed by atoms with Crippen molar-refractivity contribution in [3.8, 4) is 0 Å². The summed E-state index contributed by atoms with van der Waals surface area (Å²) in [5, 5.41) is 9.92. The molecule has 1 rings (SSSR count). The van der Waals surface area contributed by atoms with Crippen LogP contribution in [0.15, 0.2) is 0 Å². The van der Waals surface area contributed by atoms with Crippen molar-refractivity contribution in [1.29, 1.82) is 0 Å². The summed E-state index contributed by atoms with van der Waals surface area (Å²) in [4.78, 5) is 2.44. The van der Waals surface area contributed by atoms with Crippen LogP contribution in [0.5, 0.6) is 0 Å². The molecule has 1 saturated heterocycles. The van der Waals surface area contributed by atoms with Crippen LogP contribution in [0, 0.1) is 0 Å². The minimum atomic E-state index is -0.350. The van der Waals surface area contributed by atoms with Gasteiger partial charge in [-0.3, -0.25) is 4.90 Å². The minimum absolute atomic E-state index is 0.202. The number of aliphatic hydroxyl groups excluding tert-OH is 1. The molecule has 16 heavy (non-hydrogen) atoms. The molecule has 1 aliphatic rings. The summed E-state index contributed by atoms with van der Waals surface area (Å²) in [5.41, 5.74) is 0. The second-order valence-electron chi connectivity index (χ2n) is 5.22. The molecule has 96 valence electrons. The average Bonchev–Trinajstić information content (AvgIpc) is 2.57. The van der Waals surface area contributed by atoms with E-state index in [0.29, 0.717) is 18.7 Å². The van der Waals surface area contributed by atoms with E-state index in [4.69, 9.17) is 4.74 Å². The van der Waals surface area contributed by atoms with Crippen LogP contribution in [0.1, 0.15) is 47.0 Å². The molecule has 3 nitrogen and oxygen atoms in total. The molecule has 3 atom stereocenters. The predicted molar refractivity (Wildman–Crippen MR) is 66.6 cm³/mol. The molecular weight excluding hydrogens is 202 g/mol. The van der Waals surface area contributed by atoms with E-state index in [2.05, 4.69) is 18.7 Å². The number of rotatable bonds is 6. The van der Waals surface area contributed by atoms with Gasteiger partial charge in [0.05, 0.1) is 18.8 Å². The summed E-state index contributed by atoms with van der Waals surface area (Å²) in [6.07, 6.45) is 3.57. The first-order chi connectivity index (χ1) is 7.54. The zero-order valence-electron chi connectivity index (χ0n) is 11.1. The number of β-amino-alcohol motifs (C(OH)–C–C–N with tert-alkyl or cyclic N) is 1. The van der Waals surface area contributed by atoms with E-state index in [-0.39, 0.29) is 12.2 Å². The van der Waals surface area contributed by atoms with E-state index < -0.39 is 0 Å². The monoisotopic (exact) mass is 229 g/mol. The maximum Gasteiger partial charge on any atom is 0.0900 e. The highest BCUT2D eigenvalue weighted by atomic mass is 16.5. The zero-order valence-corrected chi connectivity index (χ0v) is 11.1. The normalized spacial score (nSPS) is 28.9. The van der Waals surface area contributed by atoms with Crippen LogP contribution in [-0.2, 0) is 4.74 Å². The zero-order chi connectivity index (χ0) is 12.1. The van der Waals surface area contributed by atoms with Crippen LogP contribution in [0.2, 0.25) is 0 Å². The molecule has 0 spiro atoms. The molecule has 0 bridgehead atoms. The van der Waals surface area contributed by atoms with Gasteiger partial charge in [-0.25, -0.2) is 0 Å². The Morgan fingerprint density at radius 3 is 2.62 bits per heavy atom. The Kier molecular flexibility index (Phi) is 5.73. The molecule has 0 aliphatic carbocycles. The van der Waals surface area contributed by atoms with E-state index in [1.807, 2.05) is 13.8 Å². The molecule has 0 aromatic carbocycles. The third kappa shape index (κ3) is 4.04. The molecule has 0 aromatic heterocycles. The van der Waals surface area contributed by atoms with Crippen LogP contribution in [0.25, 0.3) is 0 Å². The maximum atomic E-state index is 9.92. The lowest BCUT2D eigenvalue weighted by atomic mass is 10.1. The Morgan fingerprint density at radius 2 is 2.06 bits per heavy atom. The SMILES string of the molecule is CCC1CCC(C)N1CC(O)COC(C)C. The quantitative estimate of drug-likeness (QED) is 0.756.